The average molecular weight is 275 g/mol. The van der Waals surface area contributed by atoms with Gasteiger partial charge >= 0.3 is 0 Å². The van der Waals surface area contributed by atoms with Gasteiger partial charge in [-0.05, 0) is 37.6 Å². The average Bonchev–Trinajstić information content (AvgIpc) is 2.54. The first-order chi connectivity index (χ1) is 10.2. The van der Waals surface area contributed by atoms with Crippen molar-refractivity contribution in [1.82, 2.24) is 4.98 Å². The van der Waals surface area contributed by atoms with E-state index in [9.17, 15) is 0 Å². The molecule has 0 amide bonds. The fraction of sp³-hybridized carbons (Fsp3) is 0.211. The number of benzene rings is 2. The Balaban J connectivity index is 2.10. The predicted octanol–water partition coefficient (Wildman–Crippen LogP) is 4.92. The fourth-order valence-electron chi connectivity index (χ4n) is 3.04. The second-order valence-electron chi connectivity index (χ2n) is 5.76. The van der Waals surface area contributed by atoms with Crippen LogP contribution in [0.25, 0.3) is 22.2 Å². The van der Waals surface area contributed by atoms with Gasteiger partial charge in [0.2, 0.25) is 0 Å². The summed E-state index contributed by atoms with van der Waals surface area (Å²) in [7, 11) is 0. The van der Waals surface area contributed by atoms with Crippen molar-refractivity contribution in [2.24, 2.45) is 0 Å². The highest BCUT2D eigenvalue weighted by Gasteiger charge is 2.36. The molecule has 2 heteroatoms. The van der Waals surface area contributed by atoms with Crippen LogP contribution in [0.1, 0.15) is 25.8 Å². The van der Waals surface area contributed by atoms with Gasteiger partial charge in [0, 0.05) is 16.5 Å². The van der Waals surface area contributed by atoms with Gasteiger partial charge in [0.05, 0.1) is 11.2 Å². The van der Waals surface area contributed by atoms with Gasteiger partial charge in [-0.1, -0.05) is 37.3 Å². The number of aromatic nitrogens is 1. The highest BCUT2D eigenvalue weighted by molar-refractivity contribution is 5.85. The van der Waals surface area contributed by atoms with E-state index in [0.717, 1.165) is 28.9 Å². The van der Waals surface area contributed by atoms with Crippen molar-refractivity contribution in [1.29, 1.82) is 0 Å². The van der Waals surface area contributed by atoms with Gasteiger partial charge in [0.25, 0.3) is 0 Å². The summed E-state index contributed by atoms with van der Waals surface area (Å²) in [5.41, 5.74) is 4.04. The first kappa shape index (κ1) is 12.4. The summed E-state index contributed by atoms with van der Waals surface area (Å²) in [4.78, 5) is 4.92. The molecule has 2 heterocycles. The van der Waals surface area contributed by atoms with E-state index in [0.29, 0.717) is 0 Å². The van der Waals surface area contributed by atoms with Crippen molar-refractivity contribution >= 4 is 10.9 Å². The fourth-order valence-corrected chi connectivity index (χ4v) is 3.04. The molecule has 0 spiro atoms. The Morgan fingerprint density at radius 2 is 1.81 bits per heavy atom. The standard InChI is InChI=1S/C19H17NO/c1-3-19(2)15-12-13-8-4-6-10-16(13)20-18(15)14-9-5-7-11-17(14)21-19/h4-12H,3H2,1-2H3. The molecule has 104 valence electrons. The molecule has 3 aromatic rings. The van der Waals surface area contributed by atoms with Crippen LogP contribution in [0.15, 0.2) is 54.6 Å². The SMILES string of the molecule is CCC1(C)Oc2ccccc2-c2nc3ccccc3cc21. The second kappa shape index (κ2) is 4.32. The lowest BCUT2D eigenvalue weighted by molar-refractivity contribution is 0.0794. The van der Waals surface area contributed by atoms with Crippen LogP contribution in [-0.2, 0) is 5.60 Å². The summed E-state index contributed by atoms with van der Waals surface area (Å²) in [6.45, 7) is 4.31. The maximum absolute atomic E-state index is 6.30. The van der Waals surface area contributed by atoms with Gasteiger partial charge in [0.1, 0.15) is 11.4 Å². The molecule has 1 aliphatic heterocycles. The summed E-state index contributed by atoms with van der Waals surface area (Å²) < 4.78 is 6.30. The minimum absolute atomic E-state index is 0.319. The molecule has 0 N–H and O–H groups in total. The van der Waals surface area contributed by atoms with Gasteiger partial charge in [-0.3, -0.25) is 0 Å². The normalized spacial score (nSPS) is 19.7. The molecular formula is C19H17NO. The minimum Gasteiger partial charge on any atom is -0.482 e. The molecule has 2 nitrogen and oxygen atoms in total. The molecule has 0 bridgehead atoms. The van der Waals surface area contributed by atoms with E-state index < -0.39 is 0 Å². The van der Waals surface area contributed by atoms with E-state index in [-0.39, 0.29) is 5.60 Å². The molecule has 1 unspecified atom stereocenters. The Bertz CT molecular complexity index is 840. The molecular weight excluding hydrogens is 258 g/mol. The topological polar surface area (TPSA) is 22.1 Å². The Morgan fingerprint density at radius 3 is 2.67 bits per heavy atom. The minimum atomic E-state index is -0.319. The third kappa shape index (κ3) is 1.75. The van der Waals surface area contributed by atoms with Crippen LogP contribution in [-0.4, -0.2) is 4.98 Å². The summed E-state index contributed by atoms with van der Waals surface area (Å²) in [5.74, 6) is 0.928. The Hall–Kier alpha value is -2.35. The molecule has 1 aromatic heterocycles. The van der Waals surface area contributed by atoms with E-state index >= 15 is 0 Å². The zero-order valence-corrected chi connectivity index (χ0v) is 12.3. The maximum Gasteiger partial charge on any atom is 0.133 e. The van der Waals surface area contributed by atoms with Crippen LogP contribution in [0.2, 0.25) is 0 Å². The van der Waals surface area contributed by atoms with Gasteiger partial charge in [-0.2, -0.15) is 0 Å². The molecule has 0 aliphatic carbocycles. The molecule has 0 fully saturated rings. The van der Waals surface area contributed by atoms with Crippen LogP contribution in [0.5, 0.6) is 5.75 Å². The lowest BCUT2D eigenvalue weighted by Crippen LogP contribution is -2.32. The van der Waals surface area contributed by atoms with Crippen LogP contribution in [0, 0.1) is 0 Å². The number of pyridine rings is 1. The van der Waals surface area contributed by atoms with Crippen molar-refractivity contribution < 1.29 is 4.74 Å². The lowest BCUT2D eigenvalue weighted by Gasteiger charge is -2.36. The van der Waals surface area contributed by atoms with Crippen molar-refractivity contribution in [3.8, 4) is 17.0 Å². The summed E-state index contributed by atoms with van der Waals surface area (Å²) in [5, 5.41) is 1.17. The number of ether oxygens (including phenoxy) is 1. The van der Waals surface area contributed by atoms with Gasteiger partial charge in [-0.25, -0.2) is 4.98 Å². The Morgan fingerprint density at radius 1 is 1.05 bits per heavy atom. The van der Waals surface area contributed by atoms with Crippen molar-refractivity contribution in [2.75, 3.05) is 0 Å². The first-order valence-corrected chi connectivity index (χ1v) is 7.40. The number of para-hydroxylation sites is 2. The van der Waals surface area contributed by atoms with E-state index in [1.165, 1.54) is 10.9 Å². The summed E-state index contributed by atoms with van der Waals surface area (Å²) in [6, 6.07) is 18.7. The maximum atomic E-state index is 6.30. The molecule has 0 saturated carbocycles. The highest BCUT2D eigenvalue weighted by atomic mass is 16.5. The molecule has 0 saturated heterocycles. The van der Waals surface area contributed by atoms with Gasteiger partial charge < -0.3 is 4.74 Å². The molecule has 1 aliphatic rings. The number of fused-ring (bicyclic) bond motifs is 4. The van der Waals surface area contributed by atoms with Gasteiger partial charge in [0.15, 0.2) is 0 Å². The largest absolute Gasteiger partial charge is 0.482 e. The quantitative estimate of drug-likeness (QED) is 0.629. The number of hydrogen-bond acceptors (Lipinski definition) is 2. The molecule has 21 heavy (non-hydrogen) atoms. The number of nitrogens with zero attached hydrogens (tertiary/aromatic N) is 1. The Kier molecular flexibility index (Phi) is 2.55. The smallest absolute Gasteiger partial charge is 0.133 e. The molecule has 2 aromatic carbocycles. The molecule has 4 rings (SSSR count). The number of rotatable bonds is 1. The van der Waals surface area contributed by atoms with E-state index in [4.69, 9.17) is 9.72 Å². The van der Waals surface area contributed by atoms with Crippen LogP contribution in [0.3, 0.4) is 0 Å². The van der Waals surface area contributed by atoms with Crippen molar-refractivity contribution in [3.63, 3.8) is 0 Å². The Labute approximate surface area is 124 Å². The molecule has 1 atom stereocenters. The highest BCUT2D eigenvalue weighted by Crippen LogP contribution is 2.46. The molecule has 0 radical (unpaired) electrons. The van der Waals surface area contributed by atoms with E-state index in [1.54, 1.807) is 0 Å². The van der Waals surface area contributed by atoms with E-state index in [1.807, 2.05) is 24.3 Å². The van der Waals surface area contributed by atoms with E-state index in [2.05, 4.69) is 44.2 Å². The second-order valence-corrected chi connectivity index (χ2v) is 5.76. The summed E-state index contributed by atoms with van der Waals surface area (Å²) in [6.07, 6.45) is 0.911. The van der Waals surface area contributed by atoms with Gasteiger partial charge in [-0.15, -0.1) is 0 Å². The lowest BCUT2D eigenvalue weighted by atomic mass is 9.85. The first-order valence-electron chi connectivity index (χ1n) is 7.40. The zero-order chi connectivity index (χ0) is 14.4. The predicted molar refractivity (Wildman–Crippen MR) is 85.5 cm³/mol. The monoisotopic (exact) mass is 275 g/mol. The van der Waals surface area contributed by atoms with Crippen LogP contribution >= 0.6 is 0 Å². The van der Waals surface area contributed by atoms with Crippen LogP contribution in [0.4, 0.5) is 0 Å². The number of hydrogen-bond donors (Lipinski definition) is 0. The van der Waals surface area contributed by atoms with Crippen molar-refractivity contribution in [2.45, 2.75) is 25.9 Å². The third-order valence-electron chi connectivity index (χ3n) is 4.45. The van der Waals surface area contributed by atoms with Crippen molar-refractivity contribution in [3.05, 3.63) is 60.2 Å². The summed E-state index contributed by atoms with van der Waals surface area (Å²) >= 11 is 0. The zero-order valence-electron chi connectivity index (χ0n) is 12.3. The third-order valence-corrected chi connectivity index (χ3v) is 4.45. The van der Waals surface area contributed by atoms with Crippen LogP contribution < -0.4 is 4.74 Å².